The number of anilines is 2. The van der Waals surface area contributed by atoms with Crippen LogP contribution < -0.4 is 10.6 Å². The fraction of sp³-hybridized carbons (Fsp3) is 0.158. The van der Waals surface area contributed by atoms with Crippen molar-refractivity contribution in [1.82, 2.24) is 0 Å². The molecule has 0 aliphatic carbocycles. The molecule has 4 rings (SSSR count). The summed E-state index contributed by atoms with van der Waals surface area (Å²) in [5, 5.41) is 10.8. The van der Waals surface area contributed by atoms with Crippen molar-refractivity contribution in [3.8, 4) is 0 Å². The molecule has 0 bridgehead atoms. The molecule has 2 aromatic heterocycles. The van der Waals surface area contributed by atoms with Gasteiger partial charge in [-0.05, 0) is 52.6 Å². The minimum Gasteiger partial charge on any atom is -0.321 e. The molecule has 0 unspecified atom stereocenters. The van der Waals surface area contributed by atoms with Gasteiger partial charge in [-0.1, -0.05) is 18.2 Å². The van der Waals surface area contributed by atoms with Gasteiger partial charge in [-0.15, -0.1) is 11.3 Å². The summed E-state index contributed by atoms with van der Waals surface area (Å²) in [4.78, 5) is 25.5. The number of benzene rings is 1. The van der Waals surface area contributed by atoms with E-state index in [1.807, 2.05) is 42.6 Å². The zero-order valence-corrected chi connectivity index (χ0v) is 15.2. The van der Waals surface area contributed by atoms with Crippen LogP contribution in [0.5, 0.6) is 0 Å². The Labute approximate surface area is 153 Å². The molecule has 1 aliphatic heterocycles. The minimum absolute atomic E-state index is 0.0000301. The first kappa shape index (κ1) is 16.1. The van der Waals surface area contributed by atoms with Crippen LogP contribution in [-0.2, 0) is 4.79 Å². The summed E-state index contributed by atoms with van der Waals surface area (Å²) in [6.45, 7) is 1.96. The van der Waals surface area contributed by atoms with Crippen LogP contribution in [0.25, 0.3) is 0 Å². The number of fused-ring (bicyclic) bond motifs is 1. The van der Waals surface area contributed by atoms with Gasteiger partial charge in [-0.3, -0.25) is 9.59 Å². The quantitative estimate of drug-likeness (QED) is 0.695. The smallest absolute Gasteiger partial charge is 0.266 e. The number of carbonyl (C=O) groups excluding carboxylic acids is 2. The second kappa shape index (κ2) is 6.46. The molecule has 25 heavy (non-hydrogen) atoms. The van der Waals surface area contributed by atoms with Crippen molar-refractivity contribution in [2.75, 3.05) is 10.6 Å². The van der Waals surface area contributed by atoms with Crippen molar-refractivity contribution in [2.24, 2.45) is 0 Å². The van der Waals surface area contributed by atoms with Crippen LogP contribution >= 0.6 is 22.7 Å². The molecule has 4 nitrogen and oxygen atoms in total. The predicted octanol–water partition coefficient (Wildman–Crippen LogP) is 4.84. The molecule has 0 saturated heterocycles. The highest BCUT2D eigenvalue weighted by Gasteiger charge is 2.32. The maximum absolute atomic E-state index is 12.7. The Morgan fingerprint density at radius 3 is 2.76 bits per heavy atom. The van der Waals surface area contributed by atoms with Crippen LogP contribution in [0, 0.1) is 6.92 Å². The highest BCUT2D eigenvalue weighted by molar-refractivity contribution is 7.18. The molecule has 3 heterocycles. The van der Waals surface area contributed by atoms with Gasteiger partial charge in [0.05, 0.1) is 9.88 Å². The topological polar surface area (TPSA) is 58.2 Å². The molecule has 1 atom stereocenters. The van der Waals surface area contributed by atoms with Crippen LogP contribution in [0.15, 0.2) is 47.2 Å². The number of para-hydroxylation sites is 1. The number of hydrogen-bond acceptors (Lipinski definition) is 4. The van der Waals surface area contributed by atoms with Crippen molar-refractivity contribution in [2.45, 2.75) is 19.3 Å². The Hall–Kier alpha value is -2.44. The van der Waals surface area contributed by atoms with Crippen LogP contribution in [0.2, 0.25) is 0 Å². The molecule has 0 saturated carbocycles. The normalized spacial score (nSPS) is 16.2. The molecule has 3 aromatic rings. The Bertz CT molecular complexity index is 930. The van der Waals surface area contributed by atoms with E-state index in [0.29, 0.717) is 11.3 Å². The van der Waals surface area contributed by atoms with Gasteiger partial charge in [0, 0.05) is 18.0 Å². The van der Waals surface area contributed by atoms with Gasteiger partial charge in [-0.2, -0.15) is 11.3 Å². The second-order valence-electron chi connectivity index (χ2n) is 5.98. The second-order valence-corrected chi connectivity index (χ2v) is 7.78. The van der Waals surface area contributed by atoms with Crippen molar-refractivity contribution in [1.29, 1.82) is 0 Å². The van der Waals surface area contributed by atoms with E-state index >= 15 is 0 Å². The van der Waals surface area contributed by atoms with E-state index in [1.165, 1.54) is 11.3 Å². The lowest BCUT2D eigenvalue weighted by Gasteiger charge is -2.23. The average molecular weight is 368 g/mol. The molecule has 1 aliphatic rings. The van der Waals surface area contributed by atoms with Gasteiger partial charge in [-0.25, -0.2) is 0 Å². The maximum Gasteiger partial charge on any atom is 0.266 e. The van der Waals surface area contributed by atoms with E-state index in [4.69, 9.17) is 0 Å². The van der Waals surface area contributed by atoms with Crippen molar-refractivity contribution >= 4 is 45.2 Å². The van der Waals surface area contributed by atoms with Crippen LogP contribution in [-0.4, -0.2) is 11.8 Å². The molecular formula is C19H16N2O2S2. The summed E-state index contributed by atoms with van der Waals surface area (Å²) in [6.07, 6.45) is 0.418. The predicted molar refractivity (Wildman–Crippen MR) is 103 cm³/mol. The summed E-state index contributed by atoms with van der Waals surface area (Å²) in [5.41, 5.74) is 3.92. The Morgan fingerprint density at radius 1 is 1.24 bits per heavy atom. The molecule has 126 valence electrons. The SMILES string of the molecule is Cc1c(C(=O)Nc2ccccc2)sc2c1[C@@H](c1ccsc1)CC(=O)N2. The zero-order chi connectivity index (χ0) is 17.4. The highest BCUT2D eigenvalue weighted by atomic mass is 32.1. The minimum atomic E-state index is -0.138. The molecule has 1 aromatic carbocycles. The average Bonchev–Trinajstić information content (AvgIpc) is 3.23. The van der Waals surface area contributed by atoms with Gasteiger partial charge >= 0.3 is 0 Å². The lowest BCUT2D eigenvalue weighted by Crippen LogP contribution is -2.22. The molecule has 0 radical (unpaired) electrons. The summed E-state index contributed by atoms with van der Waals surface area (Å²) in [7, 11) is 0. The van der Waals surface area contributed by atoms with Crippen LogP contribution in [0.4, 0.5) is 10.7 Å². The number of nitrogens with one attached hydrogen (secondary N) is 2. The third-order valence-electron chi connectivity index (χ3n) is 4.37. The summed E-state index contributed by atoms with van der Waals surface area (Å²) in [6, 6.07) is 11.4. The van der Waals surface area contributed by atoms with Gasteiger partial charge in [0.15, 0.2) is 0 Å². The van der Waals surface area contributed by atoms with Crippen molar-refractivity contribution in [3.63, 3.8) is 0 Å². The Kier molecular flexibility index (Phi) is 4.15. The highest BCUT2D eigenvalue weighted by Crippen LogP contribution is 2.45. The van der Waals surface area contributed by atoms with Gasteiger partial charge in [0.2, 0.25) is 5.91 Å². The summed E-state index contributed by atoms with van der Waals surface area (Å²) in [5.74, 6) is -0.120. The molecular weight excluding hydrogens is 352 g/mol. The lowest BCUT2D eigenvalue weighted by atomic mass is 9.86. The first-order valence-electron chi connectivity index (χ1n) is 7.95. The number of rotatable bonds is 3. The van der Waals surface area contributed by atoms with Crippen LogP contribution in [0.3, 0.4) is 0 Å². The van der Waals surface area contributed by atoms with E-state index in [2.05, 4.69) is 22.1 Å². The Balaban J connectivity index is 1.71. The third kappa shape index (κ3) is 2.99. The first-order chi connectivity index (χ1) is 12.1. The zero-order valence-electron chi connectivity index (χ0n) is 13.5. The number of thiophene rings is 2. The standard InChI is InChI=1S/C19H16N2O2S2/c1-11-16-14(12-7-8-24-10-12)9-15(22)21-19(16)25-17(11)18(23)20-13-5-3-2-4-6-13/h2-8,10,14H,9H2,1H3,(H,20,23)(H,21,22)/t14-/m1/s1. The largest absolute Gasteiger partial charge is 0.321 e. The molecule has 6 heteroatoms. The number of amides is 2. The van der Waals surface area contributed by atoms with Crippen LogP contribution in [0.1, 0.15) is 38.7 Å². The van der Waals surface area contributed by atoms with Crippen molar-refractivity contribution < 1.29 is 9.59 Å². The fourth-order valence-corrected chi connectivity index (χ4v) is 5.08. The van der Waals surface area contributed by atoms with E-state index in [0.717, 1.165) is 27.4 Å². The fourth-order valence-electron chi connectivity index (χ4n) is 3.19. The first-order valence-corrected chi connectivity index (χ1v) is 9.71. The Morgan fingerprint density at radius 2 is 2.04 bits per heavy atom. The number of carbonyl (C=O) groups is 2. The third-order valence-corrected chi connectivity index (χ3v) is 6.29. The molecule has 2 amide bonds. The molecule has 2 N–H and O–H groups in total. The number of hydrogen-bond donors (Lipinski definition) is 2. The van der Waals surface area contributed by atoms with Gasteiger partial charge in [0.25, 0.3) is 5.91 Å². The molecule has 0 fully saturated rings. The van der Waals surface area contributed by atoms with Gasteiger partial charge in [0.1, 0.15) is 0 Å². The lowest BCUT2D eigenvalue weighted by molar-refractivity contribution is -0.116. The summed E-state index contributed by atoms with van der Waals surface area (Å²) >= 11 is 2.98. The summed E-state index contributed by atoms with van der Waals surface area (Å²) < 4.78 is 0. The van der Waals surface area contributed by atoms with E-state index < -0.39 is 0 Å². The maximum atomic E-state index is 12.7. The van der Waals surface area contributed by atoms with Crippen molar-refractivity contribution in [3.05, 3.63) is 68.7 Å². The van der Waals surface area contributed by atoms with E-state index in [1.54, 1.807) is 11.3 Å². The van der Waals surface area contributed by atoms with Gasteiger partial charge < -0.3 is 10.6 Å². The van der Waals surface area contributed by atoms with E-state index in [9.17, 15) is 9.59 Å². The van der Waals surface area contributed by atoms with E-state index in [-0.39, 0.29) is 17.7 Å². The monoisotopic (exact) mass is 368 g/mol. The molecule has 0 spiro atoms.